The maximum Gasteiger partial charge on any atom is 0.354 e. The van der Waals surface area contributed by atoms with Crippen molar-refractivity contribution >= 4 is 17.7 Å². The van der Waals surface area contributed by atoms with Gasteiger partial charge in [0.25, 0.3) is 5.91 Å². The maximum absolute atomic E-state index is 13.3. The largest absolute Gasteiger partial charge is 0.464 e. The summed E-state index contributed by atoms with van der Waals surface area (Å²) in [7, 11) is 4.52. The van der Waals surface area contributed by atoms with Crippen molar-refractivity contribution in [3.05, 3.63) is 46.7 Å². The molecule has 0 fully saturated rings. The summed E-state index contributed by atoms with van der Waals surface area (Å²) < 4.78 is 16.8. The van der Waals surface area contributed by atoms with Crippen LogP contribution in [0.15, 0.2) is 22.8 Å². The Balaban J connectivity index is 2.43. The molecule has 0 unspecified atom stereocenters. The molecule has 0 bridgehead atoms. The molecule has 2 aromatic rings. The first kappa shape index (κ1) is 21.4. The van der Waals surface area contributed by atoms with Crippen LogP contribution in [0.1, 0.15) is 49.6 Å². The highest BCUT2D eigenvalue weighted by Crippen LogP contribution is 2.25. The number of ketones is 1. The number of ether oxygens (including phenoxy) is 2. The number of methoxy groups -OCH3 is 2. The Morgan fingerprint density at radius 3 is 2.46 bits per heavy atom. The van der Waals surface area contributed by atoms with Crippen LogP contribution in [0.25, 0.3) is 0 Å². The van der Waals surface area contributed by atoms with E-state index in [4.69, 9.17) is 13.9 Å². The van der Waals surface area contributed by atoms with E-state index in [2.05, 4.69) is 0 Å². The Labute approximate surface area is 164 Å². The predicted molar refractivity (Wildman–Crippen MR) is 102 cm³/mol. The van der Waals surface area contributed by atoms with Crippen LogP contribution in [0.3, 0.4) is 0 Å². The molecular formula is C20H26N2O6. The number of amides is 1. The normalized spacial score (nSPS) is 11.9. The van der Waals surface area contributed by atoms with E-state index >= 15 is 0 Å². The zero-order valence-electron chi connectivity index (χ0n) is 17.1. The van der Waals surface area contributed by atoms with Crippen LogP contribution in [0.5, 0.6) is 0 Å². The summed E-state index contributed by atoms with van der Waals surface area (Å²) >= 11 is 0. The molecule has 8 nitrogen and oxygen atoms in total. The van der Waals surface area contributed by atoms with Crippen LogP contribution in [-0.4, -0.2) is 60.5 Å². The van der Waals surface area contributed by atoms with Gasteiger partial charge in [-0.25, -0.2) is 4.79 Å². The lowest BCUT2D eigenvalue weighted by Crippen LogP contribution is -2.45. The van der Waals surface area contributed by atoms with Crippen LogP contribution < -0.4 is 0 Å². The highest BCUT2D eigenvalue weighted by atomic mass is 16.5. The molecule has 8 heteroatoms. The lowest BCUT2D eigenvalue weighted by molar-refractivity contribution is 0.0539. The van der Waals surface area contributed by atoms with E-state index in [1.54, 1.807) is 44.5 Å². The van der Waals surface area contributed by atoms with E-state index in [0.29, 0.717) is 22.5 Å². The first-order valence-corrected chi connectivity index (χ1v) is 8.88. The second-order valence-electron chi connectivity index (χ2n) is 6.49. The third-order valence-electron chi connectivity index (χ3n) is 4.93. The number of Topliss-reactive ketones (excluding diaryl/α,β-unsaturated/α-hetero) is 1. The van der Waals surface area contributed by atoms with E-state index in [1.165, 1.54) is 25.4 Å². The number of carbonyl (C=O) groups excluding carboxylic acids is 3. The summed E-state index contributed by atoms with van der Waals surface area (Å²) in [5.74, 6) is -1.04. The quantitative estimate of drug-likeness (QED) is 0.508. The van der Waals surface area contributed by atoms with E-state index in [0.717, 1.165) is 0 Å². The van der Waals surface area contributed by atoms with Crippen molar-refractivity contribution in [1.82, 2.24) is 9.47 Å². The van der Waals surface area contributed by atoms with Crippen LogP contribution in [-0.2, 0) is 16.5 Å². The van der Waals surface area contributed by atoms with E-state index in [9.17, 15) is 14.4 Å². The lowest BCUT2D eigenvalue weighted by Gasteiger charge is -2.27. The number of hydrogen-bond donors (Lipinski definition) is 0. The lowest BCUT2D eigenvalue weighted by atomic mass is 9.99. The smallest absolute Gasteiger partial charge is 0.354 e. The summed E-state index contributed by atoms with van der Waals surface area (Å²) in [5.41, 5.74) is 1.88. The zero-order chi connectivity index (χ0) is 21.0. The average molecular weight is 390 g/mol. The summed E-state index contributed by atoms with van der Waals surface area (Å²) in [6.45, 7) is 5.60. The van der Waals surface area contributed by atoms with Gasteiger partial charge in [-0.15, -0.1) is 0 Å². The van der Waals surface area contributed by atoms with Crippen molar-refractivity contribution in [3.63, 3.8) is 0 Å². The van der Waals surface area contributed by atoms with Gasteiger partial charge in [-0.3, -0.25) is 9.59 Å². The molecule has 1 atom stereocenters. The molecular weight excluding hydrogens is 364 g/mol. The van der Waals surface area contributed by atoms with Gasteiger partial charge in [-0.2, -0.15) is 0 Å². The molecule has 0 aromatic carbocycles. The number of carbonyl (C=O) groups is 3. The van der Waals surface area contributed by atoms with Gasteiger partial charge in [0.05, 0.1) is 26.0 Å². The van der Waals surface area contributed by atoms with E-state index in [1.807, 2.05) is 0 Å². The minimum Gasteiger partial charge on any atom is -0.464 e. The molecule has 28 heavy (non-hydrogen) atoms. The van der Waals surface area contributed by atoms with Crippen molar-refractivity contribution in [2.24, 2.45) is 7.05 Å². The third kappa shape index (κ3) is 3.87. The van der Waals surface area contributed by atoms with Gasteiger partial charge in [0.2, 0.25) is 0 Å². The molecule has 0 saturated carbocycles. The van der Waals surface area contributed by atoms with Gasteiger partial charge in [0.1, 0.15) is 5.69 Å². The maximum atomic E-state index is 13.3. The molecule has 0 aliphatic heterocycles. The minimum absolute atomic E-state index is 0.146. The van der Waals surface area contributed by atoms with Gasteiger partial charge in [-0.1, -0.05) is 0 Å². The van der Waals surface area contributed by atoms with E-state index < -0.39 is 17.9 Å². The highest BCUT2D eigenvalue weighted by Gasteiger charge is 2.33. The summed E-state index contributed by atoms with van der Waals surface area (Å²) in [4.78, 5) is 39.7. The van der Waals surface area contributed by atoms with Crippen molar-refractivity contribution in [1.29, 1.82) is 0 Å². The Morgan fingerprint density at radius 1 is 1.25 bits per heavy atom. The molecule has 1 amide bonds. The molecule has 0 aliphatic rings. The van der Waals surface area contributed by atoms with Gasteiger partial charge in [0, 0.05) is 32.0 Å². The minimum atomic E-state index is -0.780. The molecule has 152 valence electrons. The first-order valence-electron chi connectivity index (χ1n) is 8.88. The average Bonchev–Trinajstić information content (AvgIpc) is 3.28. The Bertz CT molecular complexity index is 866. The number of aromatic nitrogens is 1. The molecule has 0 N–H and O–H groups in total. The highest BCUT2D eigenvalue weighted by molar-refractivity contribution is 6.07. The number of hydrogen-bond acceptors (Lipinski definition) is 6. The van der Waals surface area contributed by atoms with Crippen LogP contribution in [0, 0.1) is 13.8 Å². The van der Waals surface area contributed by atoms with E-state index in [-0.39, 0.29) is 24.7 Å². The van der Waals surface area contributed by atoms with Gasteiger partial charge in [-0.05, 0) is 38.5 Å². The Morgan fingerprint density at radius 2 is 1.93 bits per heavy atom. The van der Waals surface area contributed by atoms with Gasteiger partial charge >= 0.3 is 5.97 Å². The van der Waals surface area contributed by atoms with Crippen LogP contribution in [0.4, 0.5) is 0 Å². The Hall–Kier alpha value is -2.87. The van der Waals surface area contributed by atoms with Gasteiger partial charge < -0.3 is 23.4 Å². The van der Waals surface area contributed by atoms with Crippen molar-refractivity contribution in [2.45, 2.75) is 26.8 Å². The van der Waals surface area contributed by atoms with Crippen molar-refractivity contribution in [3.8, 4) is 0 Å². The molecule has 0 radical (unpaired) electrons. The fourth-order valence-electron chi connectivity index (χ4n) is 3.28. The Kier molecular flexibility index (Phi) is 6.80. The monoisotopic (exact) mass is 390 g/mol. The number of nitrogens with zero attached hydrogens (tertiary/aromatic N) is 2. The molecule has 0 aliphatic carbocycles. The standard InChI is InChI=1S/C20H26N2O6/c1-12-16(13(2)21(4)17(12)20(25)27-6)18(23)14(3)22(9-11-26-5)19(24)15-8-7-10-28-15/h7-8,10,14H,9,11H2,1-6H3/t14-/m1/s1. The topological polar surface area (TPSA) is 91.0 Å². The molecule has 2 rings (SSSR count). The second-order valence-corrected chi connectivity index (χ2v) is 6.49. The summed E-state index contributed by atoms with van der Waals surface area (Å²) in [6, 6.07) is 2.38. The summed E-state index contributed by atoms with van der Waals surface area (Å²) in [6.07, 6.45) is 1.41. The fraction of sp³-hybridized carbons (Fsp3) is 0.450. The third-order valence-corrected chi connectivity index (χ3v) is 4.93. The van der Waals surface area contributed by atoms with Crippen molar-refractivity contribution in [2.75, 3.05) is 27.4 Å². The number of rotatable bonds is 8. The van der Waals surface area contributed by atoms with Gasteiger partial charge in [0.15, 0.2) is 11.5 Å². The van der Waals surface area contributed by atoms with Crippen LogP contribution >= 0.6 is 0 Å². The van der Waals surface area contributed by atoms with Crippen LogP contribution in [0.2, 0.25) is 0 Å². The SMILES string of the molecule is COCCN(C(=O)c1ccco1)[C@H](C)C(=O)c1c(C)c(C(=O)OC)n(C)c1C. The first-order chi connectivity index (χ1) is 13.3. The fourth-order valence-corrected chi connectivity index (χ4v) is 3.28. The summed E-state index contributed by atoms with van der Waals surface area (Å²) in [5, 5.41) is 0. The number of furan rings is 1. The molecule has 2 heterocycles. The predicted octanol–water partition coefficient (Wildman–Crippen LogP) is 2.38. The number of esters is 1. The zero-order valence-corrected chi connectivity index (χ0v) is 17.1. The van der Waals surface area contributed by atoms with Crippen molar-refractivity contribution < 1.29 is 28.3 Å². The molecule has 0 saturated heterocycles. The second kappa shape index (κ2) is 8.88. The molecule has 0 spiro atoms. The molecule has 2 aromatic heterocycles.